The van der Waals surface area contributed by atoms with Crippen LogP contribution in [0.15, 0.2) is 51.8 Å². The Bertz CT molecular complexity index is 739. The predicted octanol–water partition coefficient (Wildman–Crippen LogP) is 3.50. The molecule has 0 fully saturated rings. The maximum Gasteiger partial charge on any atom is 0.314 e. The topological polar surface area (TPSA) is 84.8 Å². The average molecular weight is 349 g/mol. The molecule has 0 radical (unpaired) electrons. The normalized spacial score (nSPS) is 12.3. The van der Waals surface area contributed by atoms with Crippen LogP contribution < -0.4 is 0 Å². The second-order valence-electron chi connectivity index (χ2n) is 4.85. The van der Waals surface area contributed by atoms with Crippen LogP contribution in [0.25, 0.3) is 6.08 Å². The summed E-state index contributed by atoms with van der Waals surface area (Å²) >= 11 is 5.79. The number of nitro groups is 1. The Morgan fingerprint density at radius 3 is 2.79 bits per heavy atom. The minimum atomic E-state index is -0.465. The zero-order valence-corrected chi connectivity index (χ0v) is 14.1. The summed E-state index contributed by atoms with van der Waals surface area (Å²) in [6.07, 6.45) is 4.47. The Labute approximate surface area is 144 Å². The van der Waals surface area contributed by atoms with Crippen LogP contribution in [-0.2, 0) is 6.54 Å². The van der Waals surface area contributed by atoms with E-state index in [0.717, 1.165) is 5.56 Å². The first-order valence-corrected chi connectivity index (χ1v) is 7.65. The van der Waals surface area contributed by atoms with E-state index in [9.17, 15) is 10.1 Å². The number of hydrogen-bond donors (Lipinski definition) is 0. The van der Waals surface area contributed by atoms with E-state index in [2.05, 4.69) is 9.98 Å². The number of amidine groups is 1. The van der Waals surface area contributed by atoms with Gasteiger partial charge in [-0.3, -0.25) is 15.1 Å². The molecule has 2 aromatic heterocycles. The molecule has 0 aliphatic heterocycles. The molecule has 0 bridgehead atoms. The van der Waals surface area contributed by atoms with E-state index in [4.69, 9.17) is 16.0 Å². The monoisotopic (exact) mass is 348 g/mol. The highest BCUT2D eigenvalue weighted by molar-refractivity contribution is 6.29. The molecule has 2 aromatic rings. The van der Waals surface area contributed by atoms with Crippen LogP contribution in [-0.4, -0.2) is 34.2 Å². The van der Waals surface area contributed by atoms with Crippen LogP contribution in [0.1, 0.15) is 18.2 Å². The van der Waals surface area contributed by atoms with Gasteiger partial charge in [0.2, 0.25) is 5.84 Å². The van der Waals surface area contributed by atoms with Gasteiger partial charge in [0.1, 0.15) is 10.9 Å². The minimum absolute atomic E-state index is 0.128. The molecular formula is C16H17ClN4O3. The van der Waals surface area contributed by atoms with Gasteiger partial charge in [0.15, 0.2) is 0 Å². The fraction of sp³-hybridized carbons (Fsp3) is 0.250. The molecule has 0 saturated heterocycles. The molecule has 0 aliphatic carbocycles. The lowest BCUT2D eigenvalue weighted by Gasteiger charge is -2.22. The number of halogens is 1. The van der Waals surface area contributed by atoms with Crippen LogP contribution in [0.2, 0.25) is 5.15 Å². The van der Waals surface area contributed by atoms with E-state index in [1.807, 2.05) is 13.0 Å². The smallest absolute Gasteiger partial charge is 0.314 e. The van der Waals surface area contributed by atoms with Gasteiger partial charge in [-0.2, -0.15) is 0 Å². The minimum Gasteiger partial charge on any atom is -0.465 e. The van der Waals surface area contributed by atoms with Crippen molar-refractivity contribution in [2.45, 2.75) is 13.5 Å². The Morgan fingerprint density at radius 2 is 2.29 bits per heavy atom. The van der Waals surface area contributed by atoms with Crippen molar-refractivity contribution in [1.82, 2.24) is 9.88 Å². The van der Waals surface area contributed by atoms with Crippen molar-refractivity contribution < 1.29 is 9.34 Å². The molecule has 0 atom stereocenters. The van der Waals surface area contributed by atoms with E-state index in [-0.39, 0.29) is 11.5 Å². The van der Waals surface area contributed by atoms with E-state index in [1.54, 1.807) is 29.3 Å². The number of aliphatic imine (C=N–C) groups is 1. The average Bonchev–Trinajstić information content (AvgIpc) is 3.08. The van der Waals surface area contributed by atoms with Gasteiger partial charge in [-0.25, -0.2) is 4.98 Å². The largest absolute Gasteiger partial charge is 0.465 e. The molecule has 7 nitrogen and oxygen atoms in total. The number of nitrogens with zero attached hydrogens (tertiary/aromatic N) is 4. The fourth-order valence-corrected chi connectivity index (χ4v) is 2.29. The van der Waals surface area contributed by atoms with E-state index in [1.165, 1.54) is 19.4 Å². The molecular weight excluding hydrogens is 332 g/mol. The molecule has 2 heterocycles. The molecule has 2 rings (SSSR count). The standard InChI is InChI=1S/C16H17ClN4O3/c1-3-20(11-12-6-7-15(17)19-10-12)16(18-2)14(21(22)23)9-13-5-4-8-24-13/h4-10H,3,11H2,1-2H3/b14-9-,18-16?. The van der Waals surface area contributed by atoms with E-state index in [0.29, 0.717) is 24.0 Å². The Kier molecular flexibility index (Phi) is 6.08. The SMILES string of the molecule is CCN(Cc1ccc(Cl)nc1)C(=NC)/C(=C/c1ccco1)[N+](=O)[O-]. The summed E-state index contributed by atoms with van der Waals surface area (Å²) in [7, 11) is 1.53. The highest BCUT2D eigenvalue weighted by Crippen LogP contribution is 2.15. The van der Waals surface area contributed by atoms with Crippen LogP contribution >= 0.6 is 11.6 Å². The van der Waals surface area contributed by atoms with Crippen LogP contribution in [0, 0.1) is 10.1 Å². The van der Waals surface area contributed by atoms with Crippen molar-refractivity contribution in [3.05, 3.63) is 69.0 Å². The Balaban J connectivity index is 2.31. The van der Waals surface area contributed by atoms with Gasteiger partial charge in [0.25, 0.3) is 0 Å². The quantitative estimate of drug-likeness (QED) is 0.262. The molecule has 24 heavy (non-hydrogen) atoms. The van der Waals surface area contributed by atoms with Crippen LogP contribution in [0.5, 0.6) is 0 Å². The summed E-state index contributed by atoms with van der Waals surface area (Å²) in [5.74, 6) is 0.668. The van der Waals surface area contributed by atoms with Crippen molar-refractivity contribution in [2.24, 2.45) is 4.99 Å². The third kappa shape index (κ3) is 4.42. The summed E-state index contributed by atoms with van der Waals surface area (Å²) in [5, 5.41) is 11.9. The van der Waals surface area contributed by atoms with Gasteiger partial charge >= 0.3 is 5.70 Å². The third-order valence-corrected chi connectivity index (χ3v) is 3.53. The summed E-state index contributed by atoms with van der Waals surface area (Å²) < 4.78 is 5.17. The number of aromatic nitrogens is 1. The lowest BCUT2D eigenvalue weighted by atomic mass is 10.2. The lowest BCUT2D eigenvalue weighted by Crippen LogP contribution is -2.34. The lowest BCUT2D eigenvalue weighted by molar-refractivity contribution is -0.414. The van der Waals surface area contributed by atoms with Gasteiger partial charge < -0.3 is 9.32 Å². The summed E-state index contributed by atoms with van der Waals surface area (Å²) in [4.78, 5) is 21.0. The Hall–Kier alpha value is -2.67. The fourth-order valence-electron chi connectivity index (χ4n) is 2.18. The second kappa shape index (κ2) is 8.26. The van der Waals surface area contributed by atoms with Crippen molar-refractivity contribution >= 4 is 23.5 Å². The van der Waals surface area contributed by atoms with Crippen LogP contribution in [0.3, 0.4) is 0 Å². The zero-order valence-electron chi connectivity index (χ0n) is 13.3. The highest BCUT2D eigenvalue weighted by Gasteiger charge is 2.25. The Morgan fingerprint density at radius 1 is 1.50 bits per heavy atom. The summed E-state index contributed by atoms with van der Waals surface area (Å²) in [6.45, 7) is 2.87. The van der Waals surface area contributed by atoms with Crippen molar-refractivity contribution in [3.8, 4) is 0 Å². The first kappa shape index (κ1) is 17.7. The first-order chi connectivity index (χ1) is 11.5. The molecule has 0 spiro atoms. The molecule has 0 saturated carbocycles. The number of hydrogen-bond acceptors (Lipinski definition) is 5. The summed E-state index contributed by atoms with van der Waals surface area (Å²) in [5.41, 5.74) is 0.749. The van der Waals surface area contributed by atoms with Crippen LogP contribution in [0.4, 0.5) is 0 Å². The maximum absolute atomic E-state index is 11.5. The molecule has 0 amide bonds. The number of rotatable bonds is 6. The van der Waals surface area contributed by atoms with Gasteiger partial charge in [-0.15, -0.1) is 0 Å². The molecule has 0 unspecified atom stereocenters. The van der Waals surface area contributed by atoms with Crippen molar-refractivity contribution in [1.29, 1.82) is 0 Å². The highest BCUT2D eigenvalue weighted by atomic mass is 35.5. The van der Waals surface area contributed by atoms with E-state index < -0.39 is 4.92 Å². The second-order valence-corrected chi connectivity index (χ2v) is 5.24. The number of furan rings is 1. The first-order valence-electron chi connectivity index (χ1n) is 7.27. The van der Waals surface area contributed by atoms with Crippen molar-refractivity contribution in [3.63, 3.8) is 0 Å². The predicted molar refractivity (Wildman–Crippen MR) is 92.4 cm³/mol. The maximum atomic E-state index is 11.5. The zero-order chi connectivity index (χ0) is 17.5. The van der Waals surface area contributed by atoms with E-state index >= 15 is 0 Å². The van der Waals surface area contributed by atoms with Gasteiger partial charge in [0, 0.05) is 26.3 Å². The molecule has 8 heteroatoms. The summed E-state index contributed by atoms with van der Waals surface area (Å²) in [6, 6.07) is 6.83. The van der Waals surface area contributed by atoms with Crippen molar-refractivity contribution in [2.75, 3.05) is 13.6 Å². The van der Waals surface area contributed by atoms with Gasteiger partial charge in [0.05, 0.1) is 17.3 Å². The number of pyridine rings is 1. The van der Waals surface area contributed by atoms with Gasteiger partial charge in [-0.1, -0.05) is 17.7 Å². The van der Waals surface area contributed by atoms with Gasteiger partial charge in [-0.05, 0) is 30.7 Å². The molecule has 0 N–H and O–H groups in total. The molecule has 0 aromatic carbocycles. The molecule has 126 valence electrons. The molecule has 0 aliphatic rings. The third-order valence-electron chi connectivity index (χ3n) is 3.30. The number of likely N-dealkylation sites (N-methyl/N-ethyl adjacent to an activating group) is 1.